The van der Waals surface area contributed by atoms with E-state index in [4.69, 9.17) is 0 Å². The minimum atomic E-state index is -0.447. The molecule has 1 aliphatic carbocycles. The second-order valence-corrected chi connectivity index (χ2v) is 7.74. The number of likely N-dealkylation sites (tertiary alicyclic amines) is 2. The first-order chi connectivity index (χ1) is 11.6. The number of nitrogens with zero attached hydrogens (tertiary/aromatic N) is 2. The van der Waals surface area contributed by atoms with Gasteiger partial charge in [-0.2, -0.15) is 0 Å². The summed E-state index contributed by atoms with van der Waals surface area (Å²) in [6.07, 6.45) is 5.12. The Labute approximate surface area is 143 Å². The van der Waals surface area contributed by atoms with Gasteiger partial charge in [-0.1, -0.05) is 30.3 Å². The Kier molecular flexibility index (Phi) is 3.86. The van der Waals surface area contributed by atoms with E-state index in [1.54, 1.807) is 6.92 Å². The molecule has 3 aliphatic rings. The minimum absolute atomic E-state index is 0.115. The standard InChI is InChI=1S/C20H26N2O2/c1-15(23)21-11-9-20(10-12-21,17-5-3-2-4-6-17)19(24)22-14-16-7-8-18(22)13-16/h2-6,16,18H,7-14H2,1H3/t16-,18-/m0/s1. The third-order valence-corrected chi connectivity index (χ3v) is 6.47. The molecule has 4 heteroatoms. The lowest BCUT2D eigenvalue weighted by atomic mass is 9.71. The molecule has 2 amide bonds. The van der Waals surface area contributed by atoms with Crippen LogP contribution in [0.25, 0.3) is 0 Å². The molecule has 2 aliphatic heterocycles. The van der Waals surface area contributed by atoms with Gasteiger partial charge in [0.05, 0.1) is 5.41 Å². The van der Waals surface area contributed by atoms with Crippen molar-refractivity contribution in [3.8, 4) is 0 Å². The zero-order valence-electron chi connectivity index (χ0n) is 14.4. The summed E-state index contributed by atoms with van der Waals surface area (Å²) in [5.41, 5.74) is 0.679. The summed E-state index contributed by atoms with van der Waals surface area (Å²) in [6, 6.07) is 10.7. The molecule has 1 saturated carbocycles. The number of hydrogen-bond donors (Lipinski definition) is 0. The second kappa shape index (κ2) is 5.91. The van der Waals surface area contributed by atoms with Gasteiger partial charge in [-0.25, -0.2) is 0 Å². The average Bonchev–Trinajstić information content (AvgIpc) is 3.25. The van der Waals surface area contributed by atoms with Crippen molar-refractivity contribution in [3.05, 3.63) is 35.9 Å². The third kappa shape index (κ3) is 2.43. The van der Waals surface area contributed by atoms with Gasteiger partial charge >= 0.3 is 0 Å². The molecule has 24 heavy (non-hydrogen) atoms. The predicted molar refractivity (Wildman–Crippen MR) is 92.5 cm³/mol. The van der Waals surface area contributed by atoms with E-state index in [0.29, 0.717) is 31.0 Å². The van der Waals surface area contributed by atoms with E-state index < -0.39 is 5.41 Å². The highest BCUT2D eigenvalue weighted by atomic mass is 16.2. The molecular formula is C20H26N2O2. The van der Waals surface area contributed by atoms with Crippen molar-refractivity contribution >= 4 is 11.8 Å². The highest BCUT2D eigenvalue weighted by molar-refractivity contribution is 5.89. The van der Waals surface area contributed by atoms with Crippen LogP contribution in [0.4, 0.5) is 0 Å². The van der Waals surface area contributed by atoms with Crippen molar-refractivity contribution in [2.45, 2.75) is 50.5 Å². The maximum atomic E-state index is 13.6. The van der Waals surface area contributed by atoms with Crippen molar-refractivity contribution in [1.29, 1.82) is 0 Å². The van der Waals surface area contributed by atoms with Crippen LogP contribution >= 0.6 is 0 Å². The fourth-order valence-electron chi connectivity index (χ4n) is 5.03. The van der Waals surface area contributed by atoms with Gasteiger partial charge in [0, 0.05) is 32.6 Å². The maximum Gasteiger partial charge on any atom is 0.233 e. The molecule has 4 rings (SSSR count). The summed E-state index contributed by atoms with van der Waals surface area (Å²) < 4.78 is 0. The van der Waals surface area contributed by atoms with Crippen molar-refractivity contribution in [1.82, 2.24) is 9.80 Å². The molecule has 1 aromatic rings. The van der Waals surface area contributed by atoms with Gasteiger partial charge in [-0.3, -0.25) is 9.59 Å². The first-order valence-electron chi connectivity index (χ1n) is 9.22. The normalized spacial score (nSPS) is 28.2. The molecule has 128 valence electrons. The number of piperidine rings is 2. The highest BCUT2D eigenvalue weighted by Gasteiger charge is 2.50. The molecule has 0 N–H and O–H groups in total. The van der Waals surface area contributed by atoms with Gasteiger partial charge in [0.15, 0.2) is 0 Å². The van der Waals surface area contributed by atoms with Gasteiger partial charge in [-0.15, -0.1) is 0 Å². The number of hydrogen-bond acceptors (Lipinski definition) is 2. The Bertz CT molecular complexity index is 634. The molecule has 1 aromatic carbocycles. The first kappa shape index (κ1) is 15.7. The van der Waals surface area contributed by atoms with Crippen molar-refractivity contribution in [2.75, 3.05) is 19.6 Å². The molecule has 3 fully saturated rings. The monoisotopic (exact) mass is 326 g/mol. The Morgan fingerprint density at radius 2 is 1.79 bits per heavy atom. The molecule has 0 aromatic heterocycles. The fraction of sp³-hybridized carbons (Fsp3) is 0.600. The van der Waals surface area contributed by atoms with Crippen LogP contribution in [-0.4, -0.2) is 47.3 Å². The molecule has 2 saturated heterocycles. The summed E-state index contributed by atoms with van der Waals surface area (Å²) in [4.78, 5) is 29.4. The highest BCUT2D eigenvalue weighted by Crippen LogP contribution is 2.43. The predicted octanol–water partition coefficient (Wildman–Crippen LogP) is 2.58. The van der Waals surface area contributed by atoms with E-state index in [9.17, 15) is 9.59 Å². The summed E-state index contributed by atoms with van der Waals surface area (Å²) in [5, 5.41) is 0. The van der Waals surface area contributed by atoms with E-state index in [1.165, 1.54) is 19.3 Å². The average molecular weight is 326 g/mol. The van der Waals surface area contributed by atoms with Crippen LogP contribution in [0.3, 0.4) is 0 Å². The van der Waals surface area contributed by atoms with Crippen LogP contribution in [0.15, 0.2) is 30.3 Å². The number of carbonyl (C=O) groups is 2. The summed E-state index contributed by atoms with van der Waals surface area (Å²) in [6.45, 7) is 3.92. The topological polar surface area (TPSA) is 40.6 Å². The Morgan fingerprint density at radius 3 is 2.33 bits per heavy atom. The van der Waals surface area contributed by atoms with Gasteiger partial charge in [0.25, 0.3) is 0 Å². The summed E-state index contributed by atoms with van der Waals surface area (Å²) in [5.74, 6) is 1.14. The van der Waals surface area contributed by atoms with E-state index in [2.05, 4.69) is 17.0 Å². The molecule has 4 nitrogen and oxygen atoms in total. The molecule has 0 unspecified atom stereocenters. The Balaban J connectivity index is 1.64. The smallest absolute Gasteiger partial charge is 0.233 e. The Morgan fingerprint density at radius 1 is 1.08 bits per heavy atom. The molecular weight excluding hydrogens is 300 g/mol. The minimum Gasteiger partial charge on any atom is -0.343 e. The lowest BCUT2D eigenvalue weighted by Crippen LogP contribution is -2.55. The van der Waals surface area contributed by atoms with Crippen LogP contribution in [0.2, 0.25) is 0 Å². The number of benzene rings is 1. The first-order valence-corrected chi connectivity index (χ1v) is 9.22. The molecule has 2 heterocycles. The zero-order valence-corrected chi connectivity index (χ0v) is 14.4. The molecule has 2 bridgehead atoms. The van der Waals surface area contributed by atoms with Crippen LogP contribution in [0.1, 0.15) is 44.6 Å². The van der Waals surface area contributed by atoms with Crippen molar-refractivity contribution in [2.24, 2.45) is 5.92 Å². The van der Waals surface area contributed by atoms with Crippen LogP contribution < -0.4 is 0 Å². The maximum absolute atomic E-state index is 13.6. The molecule has 0 radical (unpaired) electrons. The molecule has 0 spiro atoms. The van der Waals surface area contributed by atoms with Crippen LogP contribution in [-0.2, 0) is 15.0 Å². The SMILES string of the molecule is CC(=O)N1CCC(C(=O)N2C[C@H]3CC[C@H]2C3)(c2ccccc2)CC1. The number of rotatable bonds is 2. The van der Waals surface area contributed by atoms with Crippen LogP contribution in [0, 0.1) is 5.92 Å². The quantitative estimate of drug-likeness (QED) is 0.838. The van der Waals surface area contributed by atoms with Gasteiger partial charge in [-0.05, 0) is 43.6 Å². The van der Waals surface area contributed by atoms with E-state index in [0.717, 1.165) is 24.9 Å². The van der Waals surface area contributed by atoms with Gasteiger partial charge in [0.1, 0.15) is 0 Å². The van der Waals surface area contributed by atoms with Gasteiger partial charge < -0.3 is 9.80 Å². The van der Waals surface area contributed by atoms with E-state index in [-0.39, 0.29) is 5.91 Å². The lowest BCUT2D eigenvalue weighted by molar-refractivity contribution is -0.143. The fourth-order valence-corrected chi connectivity index (χ4v) is 5.03. The van der Waals surface area contributed by atoms with Gasteiger partial charge in [0.2, 0.25) is 11.8 Å². The number of carbonyl (C=O) groups excluding carboxylic acids is 2. The van der Waals surface area contributed by atoms with Crippen LogP contribution in [0.5, 0.6) is 0 Å². The zero-order chi connectivity index (χ0) is 16.7. The summed E-state index contributed by atoms with van der Waals surface area (Å²) in [7, 11) is 0. The van der Waals surface area contributed by atoms with Crippen molar-refractivity contribution in [3.63, 3.8) is 0 Å². The van der Waals surface area contributed by atoms with E-state index in [1.807, 2.05) is 23.1 Å². The third-order valence-electron chi connectivity index (χ3n) is 6.47. The number of fused-ring (bicyclic) bond motifs is 2. The van der Waals surface area contributed by atoms with Crippen molar-refractivity contribution < 1.29 is 9.59 Å². The summed E-state index contributed by atoms with van der Waals surface area (Å²) >= 11 is 0. The second-order valence-electron chi connectivity index (χ2n) is 7.74. The number of amides is 2. The molecule has 2 atom stereocenters. The largest absolute Gasteiger partial charge is 0.343 e. The Hall–Kier alpha value is -1.84. The lowest BCUT2D eigenvalue weighted by Gasteiger charge is -2.44. The van der Waals surface area contributed by atoms with E-state index >= 15 is 0 Å².